The number of nitrogens with one attached hydrogen (secondary N) is 2. The molecular weight excluding hydrogens is 364 g/mol. The second-order valence-electron chi connectivity index (χ2n) is 8.02. The number of anilines is 1. The van der Waals surface area contributed by atoms with Gasteiger partial charge >= 0.3 is 0 Å². The maximum Gasteiger partial charge on any atom is 0.296 e. The van der Waals surface area contributed by atoms with Gasteiger partial charge in [-0.2, -0.15) is 4.98 Å². The number of benzene rings is 2. The lowest BCUT2D eigenvalue weighted by Gasteiger charge is -2.31. The van der Waals surface area contributed by atoms with Gasteiger partial charge in [0.2, 0.25) is 0 Å². The number of H-pyrrole nitrogens is 1. The van der Waals surface area contributed by atoms with Crippen LogP contribution in [0.4, 0.5) is 5.69 Å². The van der Waals surface area contributed by atoms with Crippen molar-refractivity contribution >= 4 is 16.5 Å². The Bertz CT molecular complexity index is 1100. The highest BCUT2D eigenvalue weighted by Gasteiger charge is 2.23. The summed E-state index contributed by atoms with van der Waals surface area (Å²) in [6.45, 7) is 5.13. The van der Waals surface area contributed by atoms with E-state index in [1.54, 1.807) is 0 Å². The first kappa shape index (κ1) is 18.2. The van der Waals surface area contributed by atoms with E-state index < -0.39 is 0 Å². The normalized spacial score (nSPS) is 18.8. The Balaban J connectivity index is 1.44. The van der Waals surface area contributed by atoms with Crippen LogP contribution in [0.25, 0.3) is 10.8 Å². The molecule has 6 heteroatoms. The molecule has 1 aromatic heterocycles. The summed E-state index contributed by atoms with van der Waals surface area (Å²) < 4.78 is 5.82. The Morgan fingerprint density at radius 1 is 1.24 bits per heavy atom. The van der Waals surface area contributed by atoms with Gasteiger partial charge in [0.05, 0.1) is 12.2 Å². The molecule has 1 fully saturated rings. The van der Waals surface area contributed by atoms with Crippen molar-refractivity contribution < 1.29 is 4.74 Å². The van der Waals surface area contributed by atoms with Crippen molar-refractivity contribution in [3.05, 3.63) is 63.6 Å². The molecule has 3 aromatic rings. The number of aromatic nitrogens is 2. The predicted molar refractivity (Wildman–Crippen MR) is 115 cm³/mol. The fraction of sp³-hybridized carbons (Fsp3) is 0.391. The van der Waals surface area contributed by atoms with Crippen molar-refractivity contribution in [1.29, 1.82) is 0 Å². The van der Waals surface area contributed by atoms with Crippen molar-refractivity contribution in [1.82, 2.24) is 15.3 Å². The topological polar surface area (TPSA) is 70.2 Å². The minimum absolute atomic E-state index is 0.0712. The molecule has 0 spiro atoms. The molecule has 2 aliphatic heterocycles. The Morgan fingerprint density at radius 2 is 2.10 bits per heavy atom. The van der Waals surface area contributed by atoms with Crippen molar-refractivity contribution in [2.24, 2.45) is 0 Å². The van der Waals surface area contributed by atoms with Gasteiger partial charge in [-0.1, -0.05) is 30.3 Å². The molecule has 0 bridgehead atoms. The Kier molecular flexibility index (Phi) is 4.72. The summed E-state index contributed by atoms with van der Waals surface area (Å²) in [4.78, 5) is 22.4. The fourth-order valence-electron chi connectivity index (χ4n) is 4.54. The van der Waals surface area contributed by atoms with Gasteiger partial charge in [0.15, 0.2) is 0 Å². The molecule has 1 atom stereocenters. The third-order valence-corrected chi connectivity index (χ3v) is 6.07. The summed E-state index contributed by atoms with van der Waals surface area (Å²) in [5.74, 6) is 0. The van der Waals surface area contributed by atoms with Crippen molar-refractivity contribution in [3.8, 4) is 6.01 Å². The number of aryl methyl sites for hydroxylation is 1. The zero-order chi connectivity index (χ0) is 19.8. The standard InChI is InChI=1S/C23H26N4O2/c1-15-5-2-6-16-7-3-9-20(21(15)16)27-12-10-18-19(13-27)25-23(26-22(18)28)29-14-17-8-4-11-24-17/h2-3,5-7,9,17,24H,4,8,10-14H2,1H3,(H,25,26,28)/t17-/m0/s1. The quantitative estimate of drug-likeness (QED) is 0.717. The monoisotopic (exact) mass is 390 g/mol. The summed E-state index contributed by atoms with van der Waals surface area (Å²) >= 11 is 0. The lowest BCUT2D eigenvalue weighted by atomic mass is 10.0. The molecule has 0 aliphatic carbocycles. The van der Waals surface area contributed by atoms with E-state index in [-0.39, 0.29) is 5.56 Å². The maximum atomic E-state index is 12.6. The van der Waals surface area contributed by atoms with Crippen molar-refractivity contribution in [2.45, 2.75) is 38.8 Å². The van der Waals surface area contributed by atoms with E-state index >= 15 is 0 Å². The fourth-order valence-corrected chi connectivity index (χ4v) is 4.54. The van der Waals surface area contributed by atoms with Crippen LogP contribution in [0.3, 0.4) is 0 Å². The van der Waals surface area contributed by atoms with Gasteiger partial charge in [0.25, 0.3) is 11.6 Å². The van der Waals surface area contributed by atoms with Crippen LogP contribution < -0.4 is 20.5 Å². The predicted octanol–water partition coefficient (Wildman–Crippen LogP) is 2.93. The Labute approximate surface area is 169 Å². The van der Waals surface area contributed by atoms with Crippen LogP contribution >= 0.6 is 0 Å². The molecular formula is C23H26N4O2. The first-order chi connectivity index (χ1) is 14.2. The van der Waals surface area contributed by atoms with Crippen LogP contribution in [0, 0.1) is 6.92 Å². The minimum atomic E-state index is -0.0712. The SMILES string of the molecule is Cc1cccc2cccc(N3CCc4c(nc(OC[C@@H]5CCCN5)[nH]c4=O)C3)c12. The van der Waals surface area contributed by atoms with Crippen LogP contribution in [0.15, 0.2) is 41.2 Å². The molecule has 150 valence electrons. The summed E-state index contributed by atoms with van der Waals surface area (Å²) in [6, 6.07) is 13.5. The van der Waals surface area contributed by atoms with E-state index in [1.165, 1.54) is 28.4 Å². The van der Waals surface area contributed by atoms with Crippen LogP contribution in [0.5, 0.6) is 6.01 Å². The first-order valence-electron chi connectivity index (χ1n) is 10.4. The van der Waals surface area contributed by atoms with Crippen LogP contribution in [-0.2, 0) is 13.0 Å². The molecule has 29 heavy (non-hydrogen) atoms. The molecule has 2 aromatic carbocycles. The third kappa shape index (κ3) is 3.49. The van der Waals surface area contributed by atoms with Gasteiger partial charge in [-0.15, -0.1) is 0 Å². The summed E-state index contributed by atoms with van der Waals surface area (Å²) in [5, 5.41) is 5.91. The Hall–Kier alpha value is -2.86. The number of hydrogen-bond acceptors (Lipinski definition) is 5. The first-order valence-corrected chi connectivity index (χ1v) is 10.4. The third-order valence-electron chi connectivity index (χ3n) is 6.07. The molecule has 6 nitrogen and oxygen atoms in total. The van der Waals surface area contributed by atoms with Gasteiger partial charge in [0.1, 0.15) is 6.61 Å². The average Bonchev–Trinajstić information content (AvgIpc) is 3.25. The molecule has 5 rings (SSSR count). The zero-order valence-electron chi connectivity index (χ0n) is 16.7. The van der Waals surface area contributed by atoms with Crippen molar-refractivity contribution in [2.75, 3.05) is 24.6 Å². The van der Waals surface area contributed by atoms with E-state index in [2.05, 4.69) is 63.5 Å². The number of nitrogens with zero attached hydrogens (tertiary/aromatic N) is 2. The summed E-state index contributed by atoms with van der Waals surface area (Å²) in [5.41, 5.74) is 3.99. The summed E-state index contributed by atoms with van der Waals surface area (Å²) in [6.07, 6.45) is 2.95. The van der Waals surface area contributed by atoms with E-state index in [9.17, 15) is 4.79 Å². The lowest BCUT2D eigenvalue weighted by Crippen LogP contribution is -2.36. The number of aromatic amines is 1. The Morgan fingerprint density at radius 3 is 2.93 bits per heavy atom. The van der Waals surface area contributed by atoms with Crippen LogP contribution in [0.2, 0.25) is 0 Å². The number of fused-ring (bicyclic) bond motifs is 2. The van der Waals surface area contributed by atoms with Crippen LogP contribution in [-0.4, -0.2) is 35.7 Å². The molecule has 0 amide bonds. The van der Waals surface area contributed by atoms with E-state index in [0.717, 1.165) is 30.8 Å². The maximum absolute atomic E-state index is 12.6. The van der Waals surface area contributed by atoms with E-state index in [4.69, 9.17) is 4.74 Å². The van der Waals surface area contributed by atoms with Gasteiger partial charge in [-0.25, -0.2) is 0 Å². The van der Waals surface area contributed by atoms with Crippen molar-refractivity contribution in [3.63, 3.8) is 0 Å². The summed E-state index contributed by atoms with van der Waals surface area (Å²) in [7, 11) is 0. The van der Waals surface area contributed by atoms with E-state index in [1.807, 2.05) is 0 Å². The van der Waals surface area contributed by atoms with Crippen LogP contribution in [0.1, 0.15) is 29.7 Å². The largest absolute Gasteiger partial charge is 0.463 e. The van der Waals surface area contributed by atoms with Gasteiger partial charge in [-0.3, -0.25) is 9.78 Å². The molecule has 2 aliphatic rings. The van der Waals surface area contributed by atoms with Gasteiger partial charge in [0, 0.05) is 29.2 Å². The molecule has 0 unspecified atom stereocenters. The number of ether oxygens (including phenoxy) is 1. The van der Waals surface area contributed by atoms with E-state index in [0.29, 0.717) is 31.6 Å². The smallest absolute Gasteiger partial charge is 0.296 e. The molecule has 3 heterocycles. The molecule has 1 saturated heterocycles. The average molecular weight is 390 g/mol. The second-order valence-corrected chi connectivity index (χ2v) is 8.02. The zero-order valence-corrected chi connectivity index (χ0v) is 16.7. The number of hydrogen-bond donors (Lipinski definition) is 2. The van der Waals surface area contributed by atoms with Gasteiger partial charge in [-0.05, 0) is 49.7 Å². The highest BCUT2D eigenvalue weighted by molar-refractivity contribution is 5.96. The van der Waals surface area contributed by atoms with Gasteiger partial charge < -0.3 is 15.0 Å². The molecule has 2 N–H and O–H groups in total. The highest BCUT2D eigenvalue weighted by atomic mass is 16.5. The number of rotatable bonds is 4. The molecule has 0 radical (unpaired) electrons. The lowest BCUT2D eigenvalue weighted by molar-refractivity contribution is 0.255. The molecule has 0 saturated carbocycles. The minimum Gasteiger partial charge on any atom is -0.463 e. The second kappa shape index (κ2) is 7.52. The highest BCUT2D eigenvalue weighted by Crippen LogP contribution is 2.32.